The van der Waals surface area contributed by atoms with Crippen molar-refractivity contribution >= 4 is 27.3 Å². The minimum atomic E-state index is 0.244. The zero-order valence-corrected chi connectivity index (χ0v) is 11.1. The molecule has 1 N–H and O–H groups in total. The number of rotatable bonds is 5. The van der Waals surface area contributed by atoms with E-state index in [2.05, 4.69) is 46.5 Å². The van der Waals surface area contributed by atoms with Crippen LogP contribution in [0.4, 0.5) is 0 Å². The highest BCUT2D eigenvalue weighted by Crippen LogP contribution is 2.22. The molecule has 1 heterocycles. The van der Waals surface area contributed by atoms with Crippen LogP contribution in [0, 0.1) is 0 Å². The van der Waals surface area contributed by atoms with Crippen LogP contribution >= 0.6 is 27.3 Å². The molecule has 80 valence electrons. The smallest absolute Gasteiger partial charge is 0.0693 e. The molecule has 0 radical (unpaired) electrons. The Bertz CT molecular complexity index is 277. The number of nitrogens with one attached hydrogen (secondary N) is 1. The van der Waals surface area contributed by atoms with Gasteiger partial charge in [-0.05, 0) is 41.2 Å². The van der Waals surface area contributed by atoms with Crippen molar-refractivity contribution in [3.05, 3.63) is 20.8 Å². The maximum Gasteiger partial charge on any atom is 0.0693 e. The Labute approximate surface area is 97.8 Å². The number of thiophene rings is 1. The van der Waals surface area contributed by atoms with Gasteiger partial charge in [-0.1, -0.05) is 0 Å². The Morgan fingerprint density at radius 2 is 2.29 bits per heavy atom. The van der Waals surface area contributed by atoms with E-state index in [1.54, 1.807) is 18.4 Å². The molecule has 4 heteroatoms. The van der Waals surface area contributed by atoms with Crippen molar-refractivity contribution in [2.45, 2.75) is 32.5 Å². The number of methoxy groups -OCH3 is 1. The second kappa shape index (κ2) is 5.85. The molecule has 0 spiro atoms. The van der Waals surface area contributed by atoms with E-state index in [0.717, 1.165) is 6.54 Å². The average molecular weight is 278 g/mol. The maximum atomic E-state index is 5.24. The van der Waals surface area contributed by atoms with Crippen molar-refractivity contribution in [1.82, 2.24) is 5.32 Å². The Hall–Kier alpha value is 0.100. The third kappa shape index (κ3) is 3.35. The molecule has 2 unspecified atom stereocenters. The van der Waals surface area contributed by atoms with Crippen LogP contribution in [-0.2, 0) is 11.3 Å². The molecule has 0 saturated carbocycles. The average Bonchev–Trinajstić information content (AvgIpc) is 2.59. The summed E-state index contributed by atoms with van der Waals surface area (Å²) < 4.78 is 6.43. The fraction of sp³-hybridized carbons (Fsp3) is 0.600. The van der Waals surface area contributed by atoms with Crippen molar-refractivity contribution in [3.63, 3.8) is 0 Å². The quantitative estimate of drug-likeness (QED) is 0.894. The van der Waals surface area contributed by atoms with Crippen LogP contribution in [0.15, 0.2) is 15.9 Å². The molecule has 2 atom stereocenters. The summed E-state index contributed by atoms with van der Waals surface area (Å²) in [6.07, 6.45) is 0.244. The van der Waals surface area contributed by atoms with E-state index < -0.39 is 0 Å². The second-order valence-corrected chi connectivity index (χ2v) is 5.16. The molecule has 0 bridgehead atoms. The Morgan fingerprint density at radius 1 is 1.57 bits per heavy atom. The third-order valence-electron chi connectivity index (χ3n) is 2.35. The lowest BCUT2D eigenvalue weighted by Crippen LogP contribution is -2.36. The van der Waals surface area contributed by atoms with Crippen LogP contribution in [0.25, 0.3) is 0 Å². The van der Waals surface area contributed by atoms with E-state index in [0.29, 0.717) is 6.04 Å². The number of ether oxygens (including phenoxy) is 1. The summed E-state index contributed by atoms with van der Waals surface area (Å²) in [4.78, 5) is 1.33. The molecule has 1 rings (SSSR count). The van der Waals surface area contributed by atoms with Crippen LogP contribution in [0.3, 0.4) is 0 Å². The molecule has 0 aliphatic carbocycles. The summed E-state index contributed by atoms with van der Waals surface area (Å²) in [6, 6.07) is 2.44. The number of halogens is 1. The Balaban J connectivity index is 2.37. The van der Waals surface area contributed by atoms with Crippen LogP contribution in [-0.4, -0.2) is 19.3 Å². The molecule has 1 aromatic heterocycles. The molecule has 0 aliphatic heterocycles. The van der Waals surface area contributed by atoms with Gasteiger partial charge in [0.25, 0.3) is 0 Å². The molecule has 0 fully saturated rings. The van der Waals surface area contributed by atoms with Gasteiger partial charge >= 0.3 is 0 Å². The van der Waals surface area contributed by atoms with Gasteiger partial charge < -0.3 is 10.1 Å². The summed E-state index contributed by atoms with van der Waals surface area (Å²) in [5, 5.41) is 5.52. The molecule has 2 nitrogen and oxygen atoms in total. The lowest BCUT2D eigenvalue weighted by molar-refractivity contribution is 0.0883. The first-order valence-electron chi connectivity index (χ1n) is 4.63. The van der Waals surface area contributed by atoms with Gasteiger partial charge in [0.2, 0.25) is 0 Å². The van der Waals surface area contributed by atoms with Crippen molar-refractivity contribution in [2.24, 2.45) is 0 Å². The minimum Gasteiger partial charge on any atom is -0.380 e. The van der Waals surface area contributed by atoms with Gasteiger partial charge in [0.15, 0.2) is 0 Å². The van der Waals surface area contributed by atoms with Crippen molar-refractivity contribution in [1.29, 1.82) is 0 Å². The van der Waals surface area contributed by atoms with E-state index in [-0.39, 0.29) is 6.10 Å². The molecule has 0 aromatic carbocycles. The highest BCUT2D eigenvalue weighted by Gasteiger charge is 2.11. The molecular weight excluding hydrogens is 262 g/mol. The van der Waals surface area contributed by atoms with Crippen molar-refractivity contribution in [2.75, 3.05) is 7.11 Å². The van der Waals surface area contributed by atoms with E-state index in [1.165, 1.54) is 9.35 Å². The van der Waals surface area contributed by atoms with Gasteiger partial charge in [-0.15, -0.1) is 11.3 Å². The predicted molar refractivity (Wildman–Crippen MR) is 64.8 cm³/mol. The molecule has 14 heavy (non-hydrogen) atoms. The SMILES string of the molecule is COC(C)C(C)NCc1sccc1Br. The highest BCUT2D eigenvalue weighted by molar-refractivity contribution is 9.10. The number of hydrogen-bond acceptors (Lipinski definition) is 3. The first-order valence-corrected chi connectivity index (χ1v) is 6.30. The standard InChI is InChI=1S/C10H16BrNOS/c1-7(8(2)13-3)12-6-10-9(11)4-5-14-10/h4-5,7-8,12H,6H2,1-3H3. The van der Waals surface area contributed by atoms with Crippen molar-refractivity contribution in [3.8, 4) is 0 Å². The fourth-order valence-electron chi connectivity index (χ4n) is 1.08. The Morgan fingerprint density at radius 3 is 2.79 bits per heavy atom. The van der Waals surface area contributed by atoms with Gasteiger partial charge in [-0.3, -0.25) is 0 Å². The summed E-state index contributed by atoms with van der Waals surface area (Å²) in [5.74, 6) is 0. The fourth-order valence-corrected chi connectivity index (χ4v) is 2.52. The Kier molecular flexibility index (Phi) is 5.09. The maximum absolute atomic E-state index is 5.24. The van der Waals surface area contributed by atoms with Gasteiger partial charge in [-0.2, -0.15) is 0 Å². The monoisotopic (exact) mass is 277 g/mol. The third-order valence-corrected chi connectivity index (χ3v) is 4.28. The second-order valence-electron chi connectivity index (χ2n) is 3.30. The number of hydrogen-bond donors (Lipinski definition) is 1. The normalized spacial score (nSPS) is 15.4. The topological polar surface area (TPSA) is 21.3 Å². The van der Waals surface area contributed by atoms with E-state index in [9.17, 15) is 0 Å². The van der Waals surface area contributed by atoms with Gasteiger partial charge in [0, 0.05) is 29.0 Å². The predicted octanol–water partition coefficient (Wildman–Crippen LogP) is 3.02. The lowest BCUT2D eigenvalue weighted by Gasteiger charge is -2.19. The lowest BCUT2D eigenvalue weighted by atomic mass is 10.2. The summed E-state index contributed by atoms with van der Waals surface area (Å²) >= 11 is 5.27. The zero-order valence-electron chi connectivity index (χ0n) is 8.71. The molecule has 0 amide bonds. The summed E-state index contributed by atoms with van der Waals surface area (Å²) in [6.45, 7) is 5.10. The summed E-state index contributed by atoms with van der Waals surface area (Å²) in [7, 11) is 1.74. The first kappa shape index (κ1) is 12.2. The summed E-state index contributed by atoms with van der Waals surface area (Å²) in [5.41, 5.74) is 0. The molecule has 1 aromatic rings. The van der Waals surface area contributed by atoms with E-state index in [1.807, 2.05) is 0 Å². The van der Waals surface area contributed by atoms with Crippen molar-refractivity contribution < 1.29 is 4.74 Å². The largest absolute Gasteiger partial charge is 0.380 e. The highest BCUT2D eigenvalue weighted by atomic mass is 79.9. The van der Waals surface area contributed by atoms with Gasteiger partial charge in [0.1, 0.15) is 0 Å². The minimum absolute atomic E-state index is 0.244. The van der Waals surface area contributed by atoms with Crippen LogP contribution in [0.2, 0.25) is 0 Å². The van der Waals surface area contributed by atoms with Gasteiger partial charge in [0.05, 0.1) is 6.10 Å². The molecule has 0 saturated heterocycles. The van der Waals surface area contributed by atoms with E-state index >= 15 is 0 Å². The molecule has 0 aliphatic rings. The van der Waals surface area contributed by atoms with E-state index in [4.69, 9.17) is 4.74 Å². The first-order chi connectivity index (χ1) is 6.65. The van der Waals surface area contributed by atoms with Crippen LogP contribution < -0.4 is 5.32 Å². The molecular formula is C10H16BrNOS. The zero-order chi connectivity index (χ0) is 10.6. The van der Waals surface area contributed by atoms with Crippen LogP contribution in [0.5, 0.6) is 0 Å². The van der Waals surface area contributed by atoms with Gasteiger partial charge in [-0.25, -0.2) is 0 Å². The van der Waals surface area contributed by atoms with Crippen LogP contribution in [0.1, 0.15) is 18.7 Å².